The second kappa shape index (κ2) is 8.90. The first-order chi connectivity index (χ1) is 17.2. The first kappa shape index (κ1) is 24.0. The summed E-state index contributed by atoms with van der Waals surface area (Å²) in [5.41, 5.74) is 2.06. The Morgan fingerprint density at radius 1 is 1.17 bits per heavy atom. The standard InChI is InChI=1S/C25H29F2N5O3S/c1-4-7-36-24-30-22(29-16-9-13(16)12-5-6-14(26)15(27)8-12)19-23(31-24)32(11-28-19)17-10-18(33)21-20(17)34-25(2,3)35-21/h5-6,8,11,13,16-18,20-21,33H,4,7,9-10H2,1-3H3,(H,29,30,31)/t13-,16+,17+,18-,20-,21+/m0/s1. The molecule has 36 heavy (non-hydrogen) atoms. The number of aliphatic hydroxyl groups is 1. The van der Waals surface area contributed by atoms with Gasteiger partial charge in [-0.25, -0.2) is 23.7 Å². The van der Waals surface area contributed by atoms with Gasteiger partial charge in [-0.05, 0) is 50.8 Å². The third-order valence-electron chi connectivity index (χ3n) is 7.08. The third-order valence-corrected chi connectivity index (χ3v) is 8.14. The Morgan fingerprint density at radius 2 is 1.97 bits per heavy atom. The van der Waals surface area contributed by atoms with Crippen molar-refractivity contribution in [1.29, 1.82) is 0 Å². The summed E-state index contributed by atoms with van der Waals surface area (Å²) in [7, 11) is 0. The van der Waals surface area contributed by atoms with Gasteiger partial charge in [-0.15, -0.1) is 0 Å². The maximum absolute atomic E-state index is 13.8. The molecule has 11 heteroatoms. The molecule has 3 aromatic rings. The number of hydrogen-bond donors (Lipinski definition) is 2. The van der Waals surface area contributed by atoms with Crippen LogP contribution in [0.4, 0.5) is 14.6 Å². The van der Waals surface area contributed by atoms with Gasteiger partial charge in [-0.2, -0.15) is 0 Å². The molecular formula is C25H29F2N5O3S. The van der Waals surface area contributed by atoms with E-state index in [1.807, 2.05) is 18.4 Å². The van der Waals surface area contributed by atoms with Gasteiger partial charge < -0.3 is 24.5 Å². The highest BCUT2D eigenvalue weighted by atomic mass is 32.2. The molecule has 3 aliphatic rings. The van der Waals surface area contributed by atoms with Crippen LogP contribution in [-0.4, -0.2) is 60.5 Å². The van der Waals surface area contributed by atoms with Gasteiger partial charge in [-0.1, -0.05) is 24.8 Å². The molecule has 0 spiro atoms. The average Bonchev–Trinajstić information content (AvgIpc) is 3.19. The molecule has 8 nitrogen and oxygen atoms in total. The SMILES string of the molecule is CCCSc1nc(N[C@@H]2C[C@H]2c2ccc(F)c(F)c2)c2ncn([C@@H]3C[C@H](O)[C@H]4OC(C)(C)O[C@H]43)c2n1. The van der Waals surface area contributed by atoms with E-state index in [0.717, 1.165) is 24.2 Å². The number of thioether (sulfide) groups is 1. The topological polar surface area (TPSA) is 94.3 Å². The molecule has 2 aliphatic carbocycles. The first-order valence-corrected chi connectivity index (χ1v) is 13.3. The number of aromatic nitrogens is 4. The van der Waals surface area contributed by atoms with Crippen LogP contribution in [0.1, 0.15) is 57.6 Å². The number of fused-ring (bicyclic) bond motifs is 2. The lowest BCUT2D eigenvalue weighted by atomic mass is 10.1. The quantitative estimate of drug-likeness (QED) is 0.352. The molecule has 2 aromatic heterocycles. The van der Waals surface area contributed by atoms with E-state index in [1.54, 1.807) is 24.2 Å². The molecule has 6 rings (SSSR count). The minimum absolute atomic E-state index is 0.0344. The molecule has 192 valence electrons. The number of nitrogens with zero attached hydrogens (tertiary/aromatic N) is 4. The molecule has 0 bridgehead atoms. The highest BCUT2D eigenvalue weighted by Gasteiger charge is 2.54. The van der Waals surface area contributed by atoms with Crippen molar-refractivity contribution in [1.82, 2.24) is 19.5 Å². The summed E-state index contributed by atoms with van der Waals surface area (Å²) in [5, 5.41) is 14.8. The Morgan fingerprint density at radius 3 is 2.75 bits per heavy atom. The lowest BCUT2D eigenvalue weighted by molar-refractivity contribution is -0.165. The molecule has 0 amide bonds. The van der Waals surface area contributed by atoms with Crippen LogP contribution in [0.2, 0.25) is 0 Å². The molecule has 1 aromatic carbocycles. The lowest BCUT2D eigenvalue weighted by Crippen LogP contribution is -2.28. The fourth-order valence-corrected chi connectivity index (χ4v) is 6.03. The minimum Gasteiger partial charge on any atom is -0.390 e. The number of aliphatic hydroxyl groups excluding tert-OH is 1. The molecule has 2 N–H and O–H groups in total. The van der Waals surface area contributed by atoms with E-state index >= 15 is 0 Å². The normalized spacial score (nSPS) is 30.6. The van der Waals surface area contributed by atoms with E-state index in [-0.39, 0.29) is 24.1 Å². The number of halogens is 2. The van der Waals surface area contributed by atoms with E-state index in [1.165, 1.54) is 12.1 Å². The highest BCUT2D eigenvalue weighted by Crippen LogP contribution is 2.46. The van der Waals surface area contributed by atoms with Crippen molar-refractivity contribution in [3.05, 3.63) is 41.7 Å². The van der Waals surface area contributed by atoms with Crippen LogP contribution in [0, 0.1) is 11.6 Å². The molecule has 1 saturated heterocycles. The van der Waals surface area contributed by atoms with E-state index in [0.29, 0.717) is 28.6 Å². The van der Waals surface area contributed by atoms with Crippen molar-refractivity contribution in [3.8, 4) is 0 Å². The molecule has 2 saturated carbocycles. The number of nitrogens with one attached hydrogen (secondary N) is 1. The molecule has 1 aliphatic heterocycles. The number of rotatable bonds is 7. The highest BCUT2D eigenvalue weighted by molar-refractivity contribution is 7.99. The molecule has 3 heterocycles. The van der Waals surface area contributed by atoms with Crippen molar-refractivity contribution in [2.75, 3.05) is 11.1 Å². The minimum atomic E-state index is -0.844. The zero-order chi connectivity index (χ0) is 25.2. The smallest absolute Gasteiger partial charge is 0.191 e. The van der Waals surface area contributed by atoms with Crippen LogP contribution >= 0.6 is 11.8 Å². The van der Waals surface area contributed by atoms with Gasteiger partial charge >= 0.3 is 0 Å². The maximum Gasteiger partial charge on any atom is 0.191 e. The summed E-state index contributed by atoms with van der Waals surface area (Å²) in [6.45, 7) is 5.80. The summed E-state index contributed by atoms with van der Waals surface area (Å²) in [6.07, 6.45) is 2.61. The Balaban J connectivity index is 1.32. The van der Waals surface area contributed by atoms with E-state index in [2.05, 4.69) is 17.2 Å². The van der Waals surface area contributed by atoms with Gasteiger partial charge in [0.25, 0.3) is 0 Å². The largest absolute Gasteiger partial charge is 0.390 e. The van der Waals surface area contributed by atoms with Gasteiger partial charge in [0, 0.05) is 17.7 Å². The van der Waals surface area contributed by atoms with Crippen LogP contribution in [0.3, 0.4) is 0 Å². The van der Waals surface area contributed by atoms with Crippen LogP contribution in [0.15, 0.2) is 29.7 Å². The molecule has 3 fully saturated rings. The average molecular weight is 518 g/mol. The predicted octanol–water partition coefficient (Wildman–Crippen LogP) is 4.40. The van der Waals surface area contributed by atoms with Crippen LogP contribution in [0.25, 0.3) is 11.2 Å². The molecule has 6 atom stereocenters. The van der Waals surface area contributed by atoms with Crippen LogP contribution < -0.4 is 5.32 Å². The zero-order valence-electron chi connectivity index (χ0n) is 20.3. The van der Waals surface area contributed by atoms with Crippen LogP contribution in [-0.2, 0) is 9.47 Å². The number of hydrogen-bond acceptors (Lipinski definition) is 8. The number of benzene rings is 1. The summed E-state index contributed by atoms with van der Waals surface area (Å²) < 4.78 is 41.2. The summed E-state index contributed by atoms with van der Waals surface area (Å²) >= 11 is 1.57. The second-order valence-corrected chi connectivity index (χ2v) is 11.3. The maximum atomic E-state index is 13.8. The summed E-state index contributed by atoms with van der Waals surface area (Å²) in [5.74, 6) is -0.891. The van der Waals surface area contributed by atoms with Crippen molar-refractivity contribution >= 4 is 28.7 Å². The number of anilines is 1. The predicted molar refractivity (Wildman–Crippen MR) is 131 cm³/mol. The summed E-state index contributed by atoms with van der Waals surface area (Å²) in [4.78, 5) is 14.2. The van der Waals surface area contributed by atoms with Crippen LogP contribution in [0.5, 0.6) is 0 Å². The number of ether oxygens (including phenoxy) is 2. The second-order valence-electron chi connectivity index (χ2n) is 10.2. The summed E-state index contributed by atoms with van der Waals surface area (Å²) in [6, 6.07) is 3.92. The van der Waals surface area contributed by atoms with E-state index in [4.69, 9.17) is 19.4 Å². The van der Waals surface area contributed by atoms with Crippen molar-refractivity contribution in [2.45, 2.75) is 87.3 Å². The monoisotopic (exact) mass is 517 g/mol. The molecule has 0 radical (unpaired) electrons. The van der Waals surface area contributed by atoms with Crippen molar-refractivity contribution < 1.29 is 23.4 Å². The lowest BCUT2D eigenvalue weighted by Gasteiger charge is -2.23. The van der Waals surface area contributed by atoms with Gasteiger partial charge in [-0.3, -0.25) is 0 Å². The molecular weight excluding hydrogens is 488 g/mol. The van der Waals surface area contributed by atoms with Gasteiger partial charge in [0.05, 0.1) is 18.5 Å². The Labute approximate surface area is 211 Å². The Hall–Kier alpha value is -2.34. The first-order valence-electron chi connectivity index (χ1n) is 12.4. The van der Waals surface area contributed by atoms with E-state index < -0.39 is 29.6 Å². The zero-order valence-corrected chi connectivity index (χ0v) is 21.1. The van der Waals surface area contributed by atoms with Crippen molar-refractivity contribution in [2.24, 2.45) is 0 Å². The Bertz CT molecular complexity index is 1300. The number of imidazole rings is 1. The van der Waals surface area contributed by atoms with Crippen molar-refractivity contribution in [3.63, 3.8) is 0 Å². The fourth-order valence-electron chi connectivity index (χ4n) is 5.34. The van der Waals surface area contributed by atoms with Gasteiger partial charge in [0.1, 0.15) is 12.2 Å². The van der Waals surface area contributed by atoms with E-state index in [9.17, 15) is 13.9 Å². The van der Waals surface area contributed by atoms with Gasteiger partial charge in [0.2, 0.25) is 0 Å². The van der Waals surface area contributed by atoms with Gasteiger partial charge in [0.15, 0.2) is 39.6 Å². The fraction of sp³-hybridized carbons (Fsp3) is 0.560. The molecule has 0 unspecified atom stereocenters. The Kier molecular flexibility index (Phi) is 5.94. The third kappa shape index (κ3) is 4.25.